The highest BCUT2D eigenvalue weighted by Crippen LogP contribution is 2.34. The molecular formula is C19H15FN4O2S2. The fraction of sp³-hybridized carbons (Fsp3) is 0.263. The number of nitrogens with one attached hydrogen (secondary N) is 2. The first-order valence-corrected chi connectivity index (χ1v) is 10.6. The van der Waals surface area contributed by atoms with Gasteiger partial charge in [0.25, 0.3) is 5.56 Å². The monoisotopic (exact) mass is 414 g/mol. The van der Waals surface area contributed by atoms with E-state index in [2.05, 4.69) is 20.3 Å². The Hall–Kier alpha value is -2.65. The molecule has 0 spiro atoms. The van der Waals surface area contributed by atoms with Gasteiger partial charge in [0, 0.05) is 17.7 Å². The van der Waals surface area contributed by atoms with Crippen molar-refractivity contribution in [1.29, 1.82) is 0 Å². The molecule has 9 heteroatoms. The average Bonchev–Trinajstić information content (AvgIpc) is 3.33. The molecule has 0 saturated heterocycles. The number of benzene rings is 1. The van der Waals surface area contributed by atoms with Gasteiger partial charge in [-0.1, -0.05) is 11.3 Å². The zero-order chi connectivity index (χ0) is 19.3. The molecule has 0 fully saturated rings. The van der Waals surface area contributed by atoms with Crippen molar-refractivity contribution in [1.82, 2.24) is 15.0 Å². The number of carbonyl (C=O) groups is 1. The van der Waals surface area contributed by atoms with E-state index in [1.165, 1.54) is 28.3 Å². The lowest BCUT2D eigenvalue weighted by atomic mass is 10.2. The van der Waals surface area contributed by atoms with Crippen LogP contribution in [-0.4, -0.2) is 20.9 Å². The number of halogens is 1. The van der Waals surface area contributed by atoms with E-state index in [4.69, 9.17) is 0 Å². The number of thiazole rings is 1. The number of aromatic amines is 1. The number of amides is 1. The minimum Gasteiger partial charge on any atom is -0.310 e. The number of hydrogen-bond donors (Lipinski definition) is 2. The Bertz CT molecular complexity index is 1290. The van der Waals surface area contributed by atoms with E-state index in [9.17, 15) is 14.0 Å². The van der Waals surface area contributed by atoms with Crippen LogP contribution in [0, 0.1) is 5.82 Å². The summed E-state index contributed by atoms with van der Waals surface area (Å²) in [6, 6.07) is 4.32. The van der Waals surface area contributed by atoms with Crippen molar-refractivity contribution in [2.24, 2.45) is 0 Å². The molecule has 1 aliphatic rings. The van der Waals surface area contributed by atoms with Gasteiger partial charge in [-0.2, -0.15) is 0 Å². The Morgan fingerprint density at radius 2 is 2.14 bits per heavy atom. The van der Waals surface area contributed by atoms with E-state index < -0.39 is 0 Å². The van der Waals surface area contributed by atoms with Crippen LogP contribution < -0.4 is 10.9 Å². The largest absolute Gasteiger partial charge is 0.310 e. The molecule has 5 rings (SSSR count). The third kappa shape index (κ3) is 3.10. The number of H-pyrrole nitrogens is 1. The number of rotatable bonds is 4. The highest BCUT2D eigenvalue weighted by molar-refractivity contribution is 7.22. The van der Waals surface area contributed by atoms with Crippen LogP contribution in [0.25, 0.3) is 20.4 Å². The van der Waals surface area contributed by atoms with E-state index in [1.54, 1.807) is 17.4 Å². The van der Waals surface area contributed by atoms with E-state index in [-0.39, 0.29) is 23.7 Å². The van der Waals surface area contributed by atoms with Crippen molar-refractivity contribution in [2.45, 2.75) is 32.1 Å². The standard InChI is InChI=1S/C19H15FN4O2S2/c20-9-4-5-11-13(8-9)28-19(21-11)24-15(25)7-6-14-22-17(26)16-10-2-1-3-12(10)27-18(16)23-14/h4-5,8H,1-3,6-7H2,(H,21,24,25)(H,22,23,26). The van der Waals surface area contributed by atoms with Crippen molar-refractivity contribution in [3.8, 4) is 0 Å². The third-order valence-corrected chi connectivity index (χ3v) is 6.93. The van der Waals surface area contributed by atoms with Gasteiger partial charge in [-0.3, -0.25) is 9.59 Å². The molecule has 3 aromatic heterocycles. The number of aryl methyl sites for hydroxylation is 3. The minimum absolute atomic E-state index is 0.118. The molecule has 6 nitrogen and oxygen atoms in total. The lowest BCUT2D eigenvalue weighted by Gasteiger charge is -2.02. The van der Waals surface area contributed by atoms with Crippen LogP contribution in [0.4, 0.5) is 9.52 Å². The lowest BCUT2D eigenvalue weighted by molar-refractivity contribution is -0.116. The molecule has 0 saturated carbocycles. The van der Waals surface area contributed by atoms with Gasteiger partial charge in [0.2, 0.25) is 5.91 Å². The molecule has 2 N–H and O–H groups in total. The maximum atomic E-state index is 13.3. The Labute approximate surface area is 166 Å². The maximum absolute atomic E-state index is 13.3. The molecule has 142 valence electrons. The second-order valence-corrected chi connectivity index (χ2v) is 8.84. The van der Waals surface area contributed by atoms with Gasteiger partial charge in [-0.05, 0) is 43.0 Å². The summed E-state index contributed by atoms with van der Waals surface area (Å²) >= 11 is 2.81. The van der Waals surface area contributed by atoms with Crippen LogP contribution in [-0.2, 0) is 24.1 Å². The molecule has 0 atom stereocenters. The summed E-state index contributed by atoms with van der Waals surface area (Å²) in [5.41, 5.74) is 1.67. The number of nitrogens with zero attached hydrogens (tertiary/aromatic N) is 2. The fourth-order valence-corrected chi connectivity index (χ4v) is 5.72. The van der Waals surface area contributed by atoms with Crippen LogP contribution in [0.1, 0.15) is 29.1 Å². The van der Waals surface area contributed by atoms with Crippen LogP contribution >= 0.6 is 22.7 Å². The fourth-order valence-electron chi connectivity index (χ4n) is 3.53. The van der Waals surface area contributed by atoms with Crippen molar-refractivity contribution in [3.05, 3.63) is 50.6 Å². The number of anilines is 1. The molecule has 1 aromatic carbocycles. The topological polar surface area (TPSA) is 87.7 Å². The average molecular weight is 414 g/mol. The molecule has 0 unspecified atom stereocenters. The zero-order valence-electron chi connectivity index (χ0n) is 14.7. The molecule has 1 amide bonds. The predicted octanol–water partition coefficient (Wildman–Crippen LogP) is 3.79. The van der Waals surface area contributed by atoms with Crippen LogP contribution in [0.2, 0.25) is 0 Å². The van der Waals surface area contributed by atoms with Crippen molar-refractivity contribution in [2.75, 3.05) is 5.32 Å². The van der Waals surface area contributed by atoms with Crippen LogP contribution in [0.3, 0.4) is 0 Å². The van der Waals surface area contributed by atoms with Gasteiger partial charge in [0.05, 0.1) is 15.6 Å². The highest BCUT2D eigenvalue weighted by atomic mass is 32.1. The van der Waals surface area contributed by atoms with Gasteiger partial charge in [0.15, 0.2) is 5.13 Å². The third-order valence-electron chi connectivity index (χ3n) is 4.81. The number of carbonyl (C=O) groups excluding carboxylic acids is 1. The SMILES string of the molecule is O=C(CCc1nc2sc3c(c2c(=O)[nH]1)CCC3)Nc1nc2ccc(F)cc2s1. The highest BCUT2D eigenvalue weighted by Gasteiger charge is 2.21. The molecule has 0 aliphatic heterocycles. The van der Waals surface area contributed by atoms with Crippen molar-refractivity contribution < 1.29 is 9.18 Å². The maximum Gasteiger partial charge on any atom is 0.259 e. The van der Waals surface area contributed by atoms with Crippen LogP contribution in [0.15, 0.2) is 23.0 Å². The van der Waals surface area contributed by atoms with Crippen molar-refractivity contribution >= 4 is 54.1 Å². The van der Waals surface area contributed by atoms with Gasteiger partial charge in [0.1, 0.15) is 16.5 Å². The Morgan fingerprint density at radius 3 is 3.04 bits per heavy atom. The number of thiophene rings is 1. The zero-order valence-corrected chi connectivity index (χ0v) is 16.3. The molecule has 1 aliphatic carbocycles. The van der Waals surface area contributed by atoms with Gasteiger partial charge >= 0.3 is 0 Å². The lowest BCUT2D eigenvalue weighted by Crippen LogP contribution is -2.16. The van der Waals surface area contributed by atoms with Gasteiger partial charge in [-0.25, -0.2) is 14.4 Å². The first-order chi connectivity index (χ1) is 13.6. The van der Waals surface area contributed by atoms with E-state index >= 15 is 0 Å². The second-order valence-electron chi connectivity index (χ2n) is 6.73. The summed E-state index contributed by atoms with van der Waals surface area (Å²) in [6.45, 7) is 0. The second kappa shape index (κ2) is 6.75. The Balaban J connectivity index is 1.30. The predicted molar refractivity (Wildman–Crippen MR) is 109 cm³/mol. The van der Waals surface area contributed by atoms with Gasteiger partial charge in [-0.15, -0.1) is 11.3 Å². The molecule has 0 radical (unpaired) electrons. The quantitative estimate of drug-likeness (QED) is 0.532. The van der Waals surface area contributed by atoms with E-state index in [0.717, 1.165) is 29.7 Å². The number of fused-ring (bicyclic) bond motifs is 4. The summed E-state index contributed by atoms with van der Waals surface area (Å²) in [4.78, 5) is 38.4. The molecular weight excluding hydrogens is 399 g/mol. The summed E-state index contributed by atoms with van der Waals surface area (Å²) in [7, 11) is 0. The smallest absolute Gasteiger partial charge is 0.259 e. The summed E-state index contributed by atoms with van der Waals surface area (Å²) in [5, 5.41) is 3.88. The molecule has 3 heterocycles. The number of hydrogen-bond acceptors (Lipinski definition) is 6. The Morgan fingerprint density at radius 1 is 1.25 bits per heavy atom. The van der Waals surface area contributed by atoms with E-state index in [0.29, 0.717) is 33.0 Å². The normalized spacial score (nSPS) is 13.3. The first-order valence-electron chi connectivity index (χ1n) is 8.96. The summed E-state index contributed by atoms with van der Waals surface area (Å²) in [5.74, 6) is -0.0473. The van der Waals surface area contributed by atoms with Crippen molar-refractivity contribution in [3.63, 3.8) is 0 Å². The molecule has 0 bridgehead atoms. The minimum atomic E-state index is -0.334. The first kappa shape index (κ1) is 17.4. The van der Waals surface area contributed by atoms with Crippen LogP contribution in [0.5, 0.6) is 0 Å². The summed E-state index contributed by atoms with van der Waals surface area (Å²) < 4.78 is 13.9. The van der Waals surface area contributed by atoms with E-state index in [1.807, 2.05) is 0 Å². The molecule has 4 aromatic rings. The summed E-state index contributed by atoms with van der Waals surface area (Å²) in [6.07, 6.45) is 3.55. The number of aromatic nitrogens is 3. The Kier molecular flexibility index (Phi) is 4.21. The van der Waals surface area contributed by atoms with Gasteiger partial charge < -0.3 is 10.3 Å². The molecule has 28 heavy (non-hydrogen) atoms.